The normalized spacial score (nSPS) is 10.9. The SMILES string of the molecule is [CH2]CCNC(=O)N(C)S(C)(=O)=O. The van der Waals surface area contributed by atoms with Crippen molar-refractivity contribution in [2.75, 3.05) is 19.8 Å². The number of carbonyl (C=O) groups is 1. The standard InChI is InChI=1S/C6H13N2O3S/c1-4-5-7-6(9)8(2)12(3,10)11/h1,4-5H2,2-3H3,(H,7,9). The van der Waals surface area contributed by atoms with E-state index in [9.17, 15) is 13.2 Å². The molecule has 0 saturated heterocycles. The van der Waals surface area contributed by atoms with E-state index in [1.54, 1.807) is 0 Å². The van der Waals surface area contributed by atoms with Gasteiger partial charge in [0.25, 0.3) is 0 Å². The lowest BCUT2D eigenvalue weighted by Crippen LogP contribution is -2.40. The summed E-state index contributed by atoms with van der Waals surface area (Å²) in [4.78, 5) is 11.0. The minimum Gasteiger partial charge on any atom is -0.337 e. The fraction of sp³-hybridized carbons (Fsp3) is 0.667. The maximum Gasteiger partial charge on any atom is 0.330 e. The van der Waals surface area contributed by atoms with Gasteiger partial charge in [0, 0.05) is 13.6 Å². The highest BCUT2D eigenvalue weighted by atomic mass is 32.2. The van der Waals surface area contributed by atoms with E-state index < -0.39 is 16.1 Å². The van der Waals surface area contributed by atoms with E-state index in [1.165, 1.54) is 7.05 Å². The van der Waals surface area contributed by atoms with E-state index in [1.807, 2.05) is 0 Å². The number of hydrogen-bond acceptors (Lipinski definition) is 3. The molecule has 0 rings (SSSR count). The summed E-state index contributed by atoms with van der Waals surface area (Å²) in [5.74, 6) is 0. The average molecular weight is 193 g/mol. The summed E-state index contributed by atoms with van der Waals surface area (Å²) in [6, 6.07) is -0.624. The van der Waals surface area contributed by atoms with Crippen molar-refractivity contribution >= 4 is 16.1 Å². The molecule has 0 heterocycles. The lowest BCUT2D eigenvalue weighted by atomic mass is 10.5. The van der Waals surface area contributed by atoms with Crippen LogP contribution in [-0.2, 0) is 10.0 Å². The van der Waals surface area contributed by atoms with Crippen LogP contribution in [0, 0.1) is 6.92 Å². The first-order chi connectivity index (χ1) is 5.39. The molecule has 71 valence electrons. The molecule has 0 aromatic heterocycles. The third-order valence-corrected chi connectivity index (χ3v) is 2.40. The van der Waals surface area contributed by atoms with Crippen LogP contribution in [0.15, 0.2) is 0 Å². The number of hydrogen-bond donors (Lipinski definition) is 1. The Morgan fingerprint density at radius 2 is 2.08 bits per heavy atom. The lowest BCUT2D eigenvalue weighted by Gasteiger charge is -2.14. The number of sulfonamides is 1. The first kappa shape index (κ1) is 11.2. The van der Waals surface area contributed by atoms with E-state index in [2.05, 4.69) is 12.2 Å². The summed E-state index contributed by atoms with van der Waals surface area (Å²) in [6.07, 6.45) is 1.50. The molecule has 1 N–H and O–H groups in total. The third-order valence-electron chi connectivity index (χ3n) is 1.24. The largest absolute Gasteiger partial charge is 0.337 e. The quantitative estimate of drug-likeness (QED) is 0.675. The van der Waals surface area contributed by atoms with Gasteiger partial charge < -0.3 is 5.32 Å². The predicted molar refractivity (Wildman–Crippen MR) is 46.0 cm³/mol. The second kappa shape index (κ2) is 4.30. The zero-order valence-corrected chi connectivity index (χ0v) is 8.02. The zero-order valence-electron chi connectivity index (χ0n) is 7.20. The smallest absolute Gasteiger partial charge is 0.330 e. The van der Waals surface area contributed by atoms with Gasteiger partial charge in [-0.25, -0.2) is 17.5 Å². The molecule has 0 aliphatic rings. The molecule has 0 fully saturated rings. The Kier molecular flexibility index (Phi) is 4.02. The summed E-state index contributed by atoms with van der Waals surface area (Å²) in [7, 11) is -2.23. The van der Waals surface area contributed by atoms with Crippen molar-refractivity contribution in [2.24, 2.45) is 0 Å². The second-order valence-electron chi connectivity index (χ2n) is 2.32. The number of rotatable bonds is 3. The minimum absolute atomic E-state index is 0.374. The van der Waals surface area contributed by atoms with Crippen molar-refractivity contribution in [3.8, 4) is 0 Å². The fourth-order valence-corrected chi connectivity index (χ4v) is 0.823. The molecule has 0 atom stereocenters. The van der Waals surface area contributed by atoms with Crippen LogP contribution in [0.4, 0.5) is 4.79 Å². The van der Waals surface area contributed by atoms with Gasteiger partial charge in [-0.1, -0.05) is 6.92 Å². The first-order valence-corrected chi connectivity index (χ1v) is 5.25. The van der Waals surface area contributed by atoms with Gasteiger partial charge >= 0.3 is 6.03 Å². The van der Waals surface area contributed by atoms with Gasteiger partial charge in [-0.15, -0.1) is 0 Å². The molecule has 5 nitrogen and oxygen atoms in total. The predicted octanol–water partition coefficient (Wildman–Crippen LogP) is -0.188. The van der Waals surface area contributed by atoms with E-state index >= 15 is 0 Å². The van der Waals surface area contributed by atoms with Crippen LogP contribution in [0.25, 0.3) is 0 Å². The summed E-state index contributed by atoms with van der Waals surface area (Å²) in [5.41, 5.74) is 0. The highest BCUT2D eigenvalue weighted by molar-refractivity contribution is 7.88. The van der Waals surface area contributed by atoms with E-state index in [-0.39, 0.29) is 0 Å². The van der Waals surface area contributed by atoms with Crippen LogP contribution in [0.1, 0.15) is 6.42 Å². The number of urea groups is 1. The Labute approximate surface area is 72.8 Å². The number of nitrogens with zero attached hydrogens (tertiary/aromatic N) is 1. The molecule has 0 spiro atoms. The summed E-state index contributed by atoms with van der Waals surface area (Å²) in [5, 5.41) is 2.38. The number of nitrogens with one attached hydrogen (secondary N) is 1. The Balaban J connectivity index is 4.12. The molecule has 1 radical (unpaired) electrons. The van der Waals surface area contributed by atoms with Crippen molar-refractivity contribution in [3.63, 3.8) is 0 Å². The van der Waals surface area contributed by atoms with Gasteiger partial charge in [0.1, 0.15) is 0 Å². The lowest BCUT2D eigenvalue weighted by molar-refractivity contribution is 0.228. The van der Waals surface area contributed by atoms with Gasteiger partial charge in [0.15, 0.2) is 0 Å². The van der Waals surface area contributed by atoms with Crippen LogP contribution in [-0.4, -0.2) is 38.6 Å². The molecule has 0 aromatic rings. The van der Waals surface area contributed by atoms with Crippen molar-refractivity contribution in [2.45, 2.75) is 6.42 Å². The Bertz CT molecular complexity index is 248. The van der Waals surface area contributed by atoms with Gasteiger partial charge in [0.05, 0.1) is 6.26 Å². The maximum atomic E-state index is 11.0. The molecule has 0 saturated carbocycles. The Hall–Kier alpha value is -0.780. The first-order valence-electron chi connectivity index (χ1n) is 3.40. The van der Waals surface area contributed by atoms with Crippen molar-refractivity contribution in [1.29, 1.82) is 0 Å². The highest BCUT2D eigenvalue weighted by Gasteiger charge is 2.16. The van der Waals surface area contributed by atoms with Gasteiger partial charge in [-0.2, -0.15) is 0 Å². The second-order valence-corrected chi connectivity index (χ2v) is 4.33. The van der Waals surface area contributed by atoms with Gasteiger partial charge in [-0.05, 0) is 6.42 Å². The minimum atomic E-state index is -3.43. The molecule has 6 heteroatoms. The summed E-state index contributed by atoms with van der Waals surface area (Å²) >= 11 is 0. The molecular formula is C6H13N2O3S. The van der Waals surface area contributed by atoms with Crippen LogP contribution < -0.4 is 5.32 Å². The number of carbonyl (C=O) groups excluding carboxylic acids is 1. The van der Waals surface area contributed by atoms with Crippen LogP contribution >= 0.6 is 0 Å². The van der Waals surface area contributed by atoms with E-state index in [0.717, 1.165) is 6.26 Å². The van der Waals surface area contributed by atoms with Crippen molar-refractivity contribution in [3.05, 3.63) is 6.92 Å². The third kappa shape index (κ3) is 3.56. The molecule has 0 aliphatic heterocycles. The van der Waals surface area contributed by atoms with Crippen LogP contribution in [0.5, 0.6) is 0 Å². The molecule has 0 aromatic carbocycles. The monoisotopic (exact) mass is 193 g/mol. The van der Waals surface area contributed by atoms with Crippen molar-refractivity contribution < 1.29 is 13.2 Å². The molecule has 0 aliphatic carbocycles. The molecule has 12 heavy (non-hydrogen) atoms. The summed E-state index contributed by atoms with van der Waals surface area (Å²) < 4.78 is 22.2. The van der Waals surface area contributed by atoms with Gasteiger partial charge in [0.2, 0.25) is 10.0 Å². The fourth-order valence-electron chi connectivity index (χ4n) is 0.457. The molecule has 2 amide bonds. The summed E-state index contributed by atoms with van der Waals surface area (Å²) in [6.45, 7) is 3.87. The molecular weight excluding hydrogens is 180 g/mol. The van der Waals surface area contributed by atoms with Crippen LogP contribution in [0.3, 0.4) is 0 Å². The highest BCUT2D eigenvalue weighted by Crippen LogP contribution is 1.92. The molecule has 0 unspecified atom stereocenters. The Morgan fingerprint density at radius 1 is 1.58 bits per heavy atom. The molecule has 0 bridgehead atoms. The topological polar surface area (TPSA) is 66.5 Å². The van der Waals surface area contributed by atoms with E-state index in [4.69, 9.17) is 0 Å². The average Bonchev–Trinajstić information content (AvgIpc) is 1.97. The maximum absolute atomic E-state index is 11.0. The zero-order chi connectivity index (χ0) is 9.78. The number of amides is 2. The van der Waals surface area contributed by atoms with Crippen molar-refractivity contribution in [1.82, 2.24) is 9.62 Å². The van der Waals surface area contributed by atoms with Crippen LogP contribution in [0.2, 0.25) is 0 Å². The van der Waals surface area contributed by atoms with Gasteiger partial charge in [-0.3, -0.25) is 0 Å². The van der Waals surface area contributed by atoms with E-state index in [0.29, 0.717) is 17.3 Å². The Morgan fingerprint density at radius 3 is 2.42 bits per heavy atom.